The molecule has 0 heterocycles. The Balaban J connectivity index is 4.06. The molecule has 0 aliphatic carbocycles. The molecule has 0 aliphatic rings. The predicted molar refractivity (Wildman–Crippen MR) is 69.0 cm³/mol. The third kappa shape index (κ3) is 7.19. The van der Waals surface area contributed by atoms with Crippen molar-refractivity contribution < 1.29 is 8.42 Å². The molecule has 0 fully saturated rings. The van der Waals surface area contributed by atoms with Crippen LogP contribution in [0.15, 0.2) is 0 Å². The number of sulfonamides is 1. The topological polar surface area (TPSA) is 58.2 Å². The van der Waals surface area contributed by atoms with Crippen LogP contribution in [0.4, 0.5) is 0 Å². The van der Waals surface area contributed by atoms with Gasteiger partial charge in [-0.15, -0.1) is 0 Å². The van der Waals surface area contributed by atoms with Gasteiger partial charge in [-0.05, 0) is 38.8 Å². The average molecular weight is 250 g/mol. The van der Waals surface area contributed by atoms with Gasteiger partial charge >= 0.3 is 0 Å². The summed E-state index contributed by atoms with van der Waals surface area (Å²) < 4.78 is 26.2. The molecule has 4 nitrogen and oxygen atoms in total. The summed E-state index contributed by atoms with van der Waals surface area (Å²) in [6, 6.07) is -0.0400. The fourth-order valence-corrected chi connectivity index (χ4v) is 2.69. The van der Waals surface area contributed by atoms with Gasteiger partial charge in [-0.25, -0.2) is 13.1 Å². The van der Waals surface area contributed by atoms with Crippen LogP contribution in [0.1, 0.15) is 40.5 Å². The molecular weight excluding hydrogens is 224 g/mol. The summed E-state index contributed by atoms with van der Waals surface area (Å²) in [6.45, 7) is 8.86. The van der Waals surface area contributed by atoms with E-state index in [2.05, 4.69) is 10.0 Å². The number of unbranched alkanes of at least 4 members (excludes halogenated alkanes) is 1. The van der Waals surface area contributed by atoms with Crippen LogP contribution >= 0.6 is 0 Å². The fraction of sp³-hybridized carbons (Fsp3) is 1.00. The maximum atomic E-state index is 11.7. The molecule has 0 radical (unpaired) electrons. The molecule has 2 N–H and O–H groups in total. The highest BCUT2D eigenvalue weighted by Gasteiger charge is 2.24. The van der Waals surface area contributed by atoms with Crippen LogP contribution in [0.3, 0.4) is 0 Å². The van der Waals surface area contributed by atoms with E-state index in [0.717, 1.165) is 13.0 Å². The Hall–Kier alpha value is -0.130. The number of hydrogen-bond donors (Lipinski definition) is 2. The molecule has 16 heavy (non-hydrogen) atoms. The van der Waals surface area contributed by atoms with Crippen LogP contribution in [0.5, 0.6) is 0 Å². The van der Waals surface area contributed by atoms with E-state index in [0.29, 0.717) is 6.42 Å². The SMILES string of the molecule is CNCCCCS(=O)(=O)NC(C)C(C)(C)C. The van der Waals surface area contributed by atoms with E-state index in [1.807, 2.05) is 34.7 Å². The van der Waals surface area contributed by atoms with E-state index in [1.165, 1.54) is 0 Å². The van der Waals surface area contributed by atoms with Crippen molar-refractivity contribution in [3.8, 4) is 0 Å². The summed E-state index contributed by atoms with van der Waals surface area (Å²) >= 11 is 0. The van der Waals surface area contributed by atoms with Crippen molar-refractivity contribution in [3.05, 3.63) is 0 Å². The van der Waals surface area contributed by atoms with Crippen LogP contribution < -0.4 is 10.0 Å². The molecule has 0 aliphatic heterocycles. The minimum absolute atomic E-state index is 0.0400. The third-order valence-corrected chi connectivity index (χ3v) is 4.28. The van der Waals surface area contributed by atoms with Crippen LogP contribution in [0.25, 0.3) is 0 Å². The van der Waals surface area contributed by atoms with Crippen LogP contribution in [-0.4, -0.2) is 33.8 Å². The molecule has 0 saturated heterocycles. The summed E-state index contributed by atoms with van der Waals surface area (Å²) in [5.74, 6) is 0.217. The molecule has 0 amide bonds. The van der Waals surface area contributed by atoms with E-state index < -0.39 is 10.0 Å². The monoisotopic (exact) mass is 250 g/mol. The molecule has 0 saturated carbocycles. The zero-order valence-corrected chi connectivity index (χ0v) is 11.9. The Kier molecular flexibility index (Phi) is 6.51. The van der Waals surface area contributed by atoms with Crippen molar-refractivity contribution in [2.24, 2.45) is 5.41 Å². The first-order chi connectivity index (χ1) is 7.19. The lowest BCUT2D eigenvalue weighted by atomic mass is 9.89. The lowest BCUT2D eigenvalue weighted by molar-refractivity contribution is 0.317. The highest BCUT2D eigenvalue weighted by Crippen LogP contribution is 2.19. The van der Waals surface area contributed by atoms with Crippen molar-refractivity contribution in [2.75, 3.05) is 19.3 Å². The van der Waals surface area contributed by atoms with Crippen molar-refractivity contribution in [1.29, 1.82) is 0 Å². The zero-order valence-electron chi connectivity index (χ0n) is 11.1. The van der Waals surface area contributed by atoms with Gasteiger partial charge in [-0.3, -0.25) is 0 Å². The lowest BCUT2D eigenvalue weighted by Crippen LogP contribution is -2.42. The molecule has 0 rings (SSSR count). The highest BCUT2D eigenvalue weighted by atomic mass is 32.2. The van der Waals surface area contributed by atoms with Gasteiger partial charge in [0.2, 0.25) is 10.0 Å². The normalized spacial score (nSPS) is 15.1. The summed E-state index contributed by atoms with van der Waals surface area (Å²) in [5, 5.41) is 3.00. The zero-order chi connectivity index (χ0) is 12.8. The van der Waals surface area contributed by atoms with Crippen molar-refractivity contribution in [3.63, 3.8) is 0 Å². The molecule has 98 valence electrons. The average Bonchev–Trinajstić information content (AvgIpc) is 2.10. The molecular formula is C11H26N2O2S. The quantitative estimate of drug-likeness (QED) is 0.670. The van der Waals surface area contributed by atoms with E-state index in [9.17, 15) is 8.42 Å². The highest BCUT2D eigenvalue weighted by molar-refractivity contribution is 7.89. The molecule has 0 aromatic carbocycles. The standard InChI is InChI=1S/C11H26N2O2S/c1-10(11(2,3)4)13-16(14,15)9-7-6-8-12-5/h10,12-13H,6-9H2,1-5H3. The molecule has 0 aromatic heterocycles. The molecule has 0 spiro atoms. The molecule has 5 heteroatoms. The van der Waals surface area contributed by atoms with Gasteiger partial charge in [0.1, 0.15) is 0 Å². The number of hydrogen-bond acceptors (Lipinski definition) is 3. The number of nitrogens with one attached hydrogen (secondary N) is 2. The van der Waals surface area contributed by atoms with Gasteiger partial charge in [0.25, 0.3) is 0 Å². The Morgan fingerprint density at radius 3 is 2.19 bits per heavy atom. The van der Waals surface area contributed by atoms with Crippen molar-refractivity contribution >= 4 is 10.0 Å². The third-order valence-electron chi connectivity index (χ3n) is 2.75. The minimum Gasteiger partial charge on any atom is -0.320 e. The molecule has 1 unspecified atom stereocenters. The maximum Gasteiger partial charge on any atom is 0.211 e. The van der Waals surface area contributed by atoms with Crippen LogP contribution in [0.2, 0.25) is 0 Å². The Bertz CT molecular complexity index is 281. The van der Waals surface area contributed by atoms with Crippen LogP contribution in [-0.2, 0) is 10.0 Å². The second-order valence-corrected chi connectivity index (χ2v) is 7.21. The Morgan fingerprint density at radius 1 is 1.19 bits per heavy atom. The van der Waals surface area contributed by atoms with Crippen LogP contribution in [0, 0.1) is 5.41 Å². The Morgan fingerprint density at radius 2 is 1.75 bits per heavy atom. The summed E-state index contributed by atoms with van der Waals surface area (Å²) in [6.07, 6.45) is 1.59. The maximum absolute atomic E-state index is 11.7. The Labute approximate surface area is 100 Å². The van der Waals surface area contributed by atoms with E-state index in [4.69, 9.17) is 0 Å². The van der Waals surface area contributed by atoms with Gasteiger partial charge in [-0.2, -0.15) is 0 Å². The minimum atomic E-state index is -3.12. The van der Waals surface area contributed by atoms with E-state index in [1.54, 1.807) is 0 Å². The first-order valence-corrected chi connectivity index (χ1v) is 7.49. The number of rotatable bonds is 7. The van der Waals surface area contributed by atoms with Gasteiger partial charge < -0.3 is 5.32 Å². The molecule has 0 bridgehead atoms. The second-order valence-electron chi connectivity index (χ2n) is 5.34. The first-order valence-electron chi connectivity index (χ1n) is 5.83. The second kappa shape index (κ2) is 6.57. The van der Waals surface area contributed by atoms with E-state index >= 15 is 0 Å². The first kappa shape index (κ1) is 15.9. The van der Waals surface area contributed by atoms with Gasteiger partial charge in [0.05, 0.1) is 5.75 Å². The van der Waals surface area contributed by atoms with Gasteiger partial charge in [0.15, 0.2) is 0 Å². The summed E-state index contributed by atoms with van der Waals surface area (Å²) in [7, 11) is -1.25. The summed E-state index contributed by atoms with van der Waals surface area (Å²) in [4.78, 5) is 0. The van der Waals surface area contributed by atoms with Crippen molar-refractivity contribution in [1.82, 2.24) is 10.0 Å². The molecule has 1 atom stereocenters. The fourth-order valence-electron chi connectivity index (χ4n) is 1.10. The van der Waals surface area contributed by atoms with Crippen molar-refractivity contribution in [2.45, 2.75) is 46.6 Å². The predicted octanol–water partition coefficient (Wildman–Crippen LogP) is 1.34. The molecule has 0 aromatic rings. The van der Waals surface area contributed by atoms with Gasteiger partial charge in [0, 0.05) is 6.04 Å². The lowest BCUT2D eigenvalue weighted by Gasteiger charge is -2.27. The van der Waals surface area contributed by atoms with Gasteiger partial charge in [-0.1, -0.05) is 20.8 Å². The summed E-state index contributed by atoms with van der Waals surface area (Å²) in [5.41, 5.74) is -0.0436. The smallest absolute Gasteiger partial charge is 0.211 e. The van der Waals surface area contributed by atoms with E-state index in [-0.39, 0.29) is 17.2 Å². The largest absolute Gasteiger partial charge is 0.320 e.